The van der Waals surface area contributed by atoms with Crippen molar-refractivity contribution in [2.75, 3.05) is 26.7 Å². The number of hydrogen-bond donors (Lipinski definition) is 2. The summed E-state index contributed by atoms with van der Waals surface area (Å²) in [5.74, 6) is 1.53. The normalized spacial score (nSPS) is 20.5. The Morgan fingerprint density at radius 3 is 2.50 bits per heavy atom. The number of nitrogens with zero attached hydrogens (tertiary/aromatic N) is 2. The summed E-state index contributed by atoms with van der Waals surface area (Å²) >= 11 is 3.50. The van der Waals surface area contributed by atoms with Gasteiger partial charge in [0.05, 0.1) is 0 Å². The molecule has 26 heavy (non-hydrogen) atoms. The van der Waals surface area contributed by atoms with E-state index in [4.69, 9.17) is 0 Å². The summed E-state index contributed by atoms with van der Waals surface area (Å²) in [5, 5.41) is 7.11. The Labute approximate surface area is 184 Å². The zero-order valence-corrected chi connectivity index (χ0v) is 20.4. The van der Waals surface area contributed by atoms with Gasteiger partial charge in [0, 0.05) is 29.5 Å². The summed E-state index contributed by atoms with van der Waals surface area (Å²) in [5.41, 5.74) is 1.41. The van der Waals surface area contributed by atoms with Crippen LogP contribution in [0.4, 0.5) is 0 Å². The van der Waals surface area contributed by atoms with Crippen LogP contribution in [-0.4, -0.2) is 49.6 Å². The molecular formula is C20H34BrIN4. The molecule has 0 amide bonds. The molecule has 1 aromatic rings. The van der Waals surface area contributed by atoms with Crippen molar-refractivity contribution in [3.05, 3.63) is 34.3 Å². The van der Waals surface area contributed by atoms with Gasteiger partial charge in [-0.1, -0.05) is 41.9 Å². The monoisotopic (exact) mass is 536 g/mol. The van der Waals surface area contributed by atoms with E-state index in [1.807, 2.05) is 7.05 Å². The number of hydrogen-bond acceptors (Lipinski definition) is 2. The van der Waals surface area contributed by atoms with Crippen LogP contribution < -0.4 is 10.6 Å². The van der Waals surface area contributed by atoms with Gasteiger partial charge in [0.1, 0.15) is 0 Å². The predicted molar refractivity (Wildman–Crippen MR) is 127 cm³/mol. The molecule has 0 radical (unpaired) electrons. The van der Waals surface area contributed by atoms with E-state index in [1.165, 1.54) is 24.9 Å². The Bertz CT molecular complexity index is 545. The standard InChI is InChI=1S/C20H33BrN4.HI/c1-5-25(6-2)13-7-8-15(3)23-20(22-4)24-19-14-18(19)16-9-11-17(21)12-10-16;/h9-12,15,18-19H,5-8,13-14H2,1-4H3,(H2,22,23,24);1H. The van der Waals surface area contributed by atoms with E-state index in [9.17, 15) is 0 Å². The molecule has 4 nitrogen and oxygen atoms in total. The van der Waals surface area contributed by atoms with Crippen LogP contribution in [0.5, 0.6) is 0 Å². The van der Waals surface area contributed by atoms with Crippen LogP contribution in [0, 0.1) is 0 Å². The second-order valence-corrected chi connectivity index (χ2v) is 7.85. The van der Waals surface area contributed by atoms with Crippen LogP contribution in [0.1, 0.15) is 51.5 Å². The smallest absolute Gasteiger partial charge is 0.191 e. The highest BCUT2D eigenvalue weighted by Crippen LogP contribution is 2.40. The summed E-state index contributed by atoms with van der Waals surface area (Å²) in [6.45, 7) is 10.2. The molecule has 0 aromatic heterocycles. The Hall–Kier alpha value is -0.340. The highest BCUT2D eigenvalue weighted by Gasteiger charge is 2.39. The first-order valence-corrected chi connectivity index (χ1v) is 10.3. The zero-order chi connectivity index (χ0) is 18.2. The average Bonchev–Trinajstić information content (AvgIpc) is 3.38. The lowest BCUT2D eigenvalue weighted by Gasteiger charge is -2.21. The summed E-state index contributed by atoms with van der Waals surface area (Å²) in [4.78, 5) is 6.88. The first-order valence-electron chi connectivity index (χ1n) is 9.55. The van der Waals surface area contributed by atoms with Gasteiger partial charge in [-0.25, -0.2) is 0 Å². The Morgan fingerprint density at radius 1 is 1.27 bits per heavy atom. The van der Waals surface area contributed by atoms with Crippen molar-refractivity contribution in [1.29, 1.82) is 0 Å². The third-order valence-electron chi connectivity index (χ3n) is 5.02. The maximum Gasteiger partial charge on any atom is 0.191 e. The number of benzene rings is 1. The van der Waals surface area contributed by atoms with Crippen LogP contribution in [-0.2, 0) is 0 Å². The minimum Gasteiger partial charge on any atom is -0.354 e. The van der Waals surface area contributed by atoms with Crippen LogP contribution in [0.15, 0.2) is 33.7 Å². The third kappa shape index (κ3) is 7.72. The van der Waals surface area contributed by atoms with Gasteiger partial charge in [-0.15, -0.1) is 24.0 Å². The quantitative estimate of drug-likeness (QED) is 0.275. The largest absolute Gasteiger partial charge is 0.354 e. The van der Waals surface area contributed by atoms with Crippen molar-refractivity contribution in [3.63, 3.8) is 0 Å². The molecule has 6 heteroatoms. The zero-order valence-electron chi connectivity index (χ0n) is 16.5. The summed E-state index contributed by atoms with van der Waals surface area (Å²) in [6, 6.07) is 9.60. The van der Waals surface area contributed by atoms with Gasteiger partial charge in [0.25, 0.3) is 0 Å². The van der Waals surface area contributed by atoms with Crippen molar-refractivity contribution < 1.29 is 0 Å². The fraction of sp³-hybridized carbons (Fsp3) is 0.650. The van der Waals surface area contributed by atoms with Crippen LogP contribution in [0.25, 0.3) is 0 Å². The summed E-state index contributed by atoms with van der Waals surface area (Å²) in [6.07, 6.45) is 3.56. The van der Waals surface area contributed by atoms with E-state index < -0.39 is 0 Å². The number of halogens is 2. The van der Waals surface area contributed by atoms with Crippen molar-refractivity contribution in [2.24, 2.45) is 4.99 Å². The van der Waals surface area contributed by atoms with Gasteiger partial charge >= 0.3 is 0 Å². The summed E-state index contributed by atoms with van der Waals surface area (Å²) in [7, 11) is 1.86. The van der Waals surface area contributed by atoms with E-state index >= 15 is 0 Å². The number of rotatable bonds is 9. The number of nitrogens with one attached hydrogen (secondary N) is 2. The van der Waals surface area contributed by atoms with Crippen molar-refractivity contribution in [3.8, 4) is 0 Å². The van der Waals surface area contributed by atoms with Crippen LogP contribution in [0.3, 0.4) is 0 Å². The van der Waals surface area contributed by atoms with Gasteiger partial charge < -0.3 is 15.5 Å². The van der Waals surface area contributed by atoms with Gasteiger partial charge in [0.2, 0.25) is 0 Å². The molecule has 3 atom stereocenters. The Morgan fingerprint density at radius 2 is 1.92 bits per heavy atom. The molecule has 0 saturated heterocycles. The van der Waals surface area contributed by atoms with Gasteiger partial charge in [0.15, 0.2) is 5.96 Å². The third-order valence-corrected chi connectivity index (χ3v) is 5.55. The second-order valence-electron chi connectivity index (χ2n) is 6.93. The first kappa shape index (κ1) is 23.7. The fourth-order valence-electron chi connectivity index (χ4n) is 3.25. The van der Waals surface area contributed by atoms with Crippen molar-refractivity contribution in [2.45, 2.75) is 58.0 Å². The predicted octanol–water partition coefficient (Wildman–Crippen LogP) is 4.60. The van der Waals surface area contributed by atoms with Gasteiger partial charge in [-0.2, -0.15) is 0 Å². The fourth-order valence-corrected chi connectivity index (χ4v) is 3.51. The molecule has 1 aromatic carbocycles. The van der Waals surface area contributed by atoms with Crippen molar-refractivity contribution in [1.82, 2.24) is 15.5 Å². The molecule has 1 aliphatic carbocycles. The topological polar surface area (TPSA) is 39.7 Å². The lowest BCUT2D eigenvalue weighted by molar-refractivity contribution is 0.292. The molecule has 1 saturated carbocycles. The SMILES string of the molecule is CCN(CC)CCCC(C)NC(=NC)NC1CC1c1ccc(Br)cc1.I. The van der Waals surface area contributed by atoms with E-state index in [0.29, 0.717) is 18.0 Å². The summed E-state index contributed by atoms with van der Waals surface area (Å²) < 4.78 is 1.14. The van der Waals surface area contributed by atoms with Gasteiger partial charge in [-0.3, -0.25) is 4.99 Å². The van der Waals surface area contributed by atoms with Crippen LogP contribution >= 0.6 is 39.9 Å². The highest BCUT2D eigenvalue weighted by atomic mass is 127. The molecule has 3 unspecified atom stereocenters. The highest BCUT2D eigenvalue weighted by molar-refractivity contribution is 14.0. The molecular weight excluding hydrogens is 503 g/mol. The van der Waals surface area contributed by atoms with Crippen LogP contribution in [0.2, 0.25) is 0 Å². The number of guanidine groups is 1. The maximum absolute atomic E-state index is 4.40. The van der Waals surface area contributed by atoms with E-state index in [1.54, 1.807) is 0 Å². The van der Waals surface area contributed by atoms with E-state index in [2.05, 4.69) is 81.5 Å². The average molecular weight is 537 g/mol. The first-order chi connectivity index (χ1) is 12.1. The molecule has 0 aliphatic heterocycles. The molecule has 0 spiro atoms. The Kier molecular flexibility index (Phi) is 11.1. The van der Waals surface area contributed by atoms with E-state index in [0.717, 1.165) is 29.9 Å². The molecule has 1 fully saturated rings. The minimum atomic E-state index is 0. The van der Waals surface area contributed by atoms with E-state index in [-0.39, 0.29) is 24.0 Å². The maximum atomic E-state index is 4.40. The molecule has 0 bridgehead atoms. The molecule has 2 N–H and O–H groups in total. The second kappa shape index (κ2) is 12.2. The molecule has 0 heterocycles. The molecule has 1 aliphatic rings. The molecule has 148 valence electrons. The van der Waals surface area contributed by atoms with Gasteiger partial charge in [-0.05, 0) is 63.5 Å². The number of aliphatic imine (C=N–C) groups is 1. The van der Waals surface area contributed by atoms with Crippen molar-refractivity contribution >= 4 is 45.9 Å². The minimum absolute atomic E-state index is 0. The lowest BCUT2D eigenvalue weighted by Crippen LogP contribution is -2.43. The lowest BCUT2D eigenvalue weighted by atomic mass is 10.1. The Balaban J connectivity index is 0.00000338. The molecule has 2 rings (SSSR count).